The fraction of sp³-hybridized carbons (Fsp3) is 0.333. The summed E-state index contributed by atoms with van der Waals surface area (Å²) in [5.41, 5.74) is -1.15. The molecule has 0 aromatic heterocycles. The third-order valence-electron chi connectivity index (χ3n) is 2.23. The largest absolute Gasteiger partial charge is 0.481 e. The summed E-state index contributed by atoms with van der Waals surface area (Å²) >= 11 is 3.10. The zero-order chi connectivity index (χ0) is 10.9. The van der Waals surface area contributed by atoms with Crippen LogP contribution >= 0.6 is 15.9 Å². The van der Waals surface area contributed by atoms with Crippen molar-refractivity contribution in [3.63, 3.8) is 0 Å². The van der Waals surface area contributed by atoms with Gasteiger partial charge in [0.2, 0.25) is 0 Å². The van der Waals surface area contributed by atoms with Gasteiger partial charge in [-0.05, 0) is 6.92 Å². The van der Waals surface area contributed by atoms with Gasteiger partial charge in [0.25, 0.3) is 0 Å². The van der Waals surface area contributed by atoms with E-state index in [4.69, 9.17) is 10.2 Å². The number of alkyl halides is 1. The Kier molecular flexibility index (Phi) is 2.80. The normalized spacial score (nSPS) is 31.0. The lowest BCUT2D eigenvalue weighted by Gasteiger charge is -2.29. The number of allylic oxidation sites excluding steroid dienone is 2. The molecule has 0 bridgehead atoms. The van der Waals surface area contributed by atoms with Crippen LogP contribution in [0.5, 0.6) is 0 Å². The lowest BCUT2D eigenvalue weighted by atomic mass is 9.80. The zero-order valence-electron chi connectivity index (χ0n) is 7.40. The molecule has 2 atom stereocenters. The van der Waals surface area contributed by atoms with E-state index in [9.17, 15) is 9.59 Å². The molecule has 5 heteroatoms. The molecule has 2 unspecified atom stereocenters. The predicted octanol–water partition coefficient (Wildman–Crippen LogP) is 1.42. The third-order valence-corrected chi connectivity index (χ3v) is 3.67. The minimum atomic E-state index is -1.21. The van der Waals surface area contributed by atoms with E-state index in [1.807, 2.05) is 0 Å². The number of carboxylic acids is 2. The molecule has 4 nitrogen and oxygen atoms in total. The summed E-state index contributed by atoms with van der Waals surface area (Å²) in [5.74, 6) is -2.16. The van der Waals surface area contributed by atoms with E-state index in [-0.39, 0.29) is 5.57 Å². The standard InChI is InChI=1S/C9H9BrO4/c1-9(8(13)14)4-2-3-5(6(9)10)7(11)12/h2-4,6H,1H3,(H,11,12)(H,13,14). The summed E-state index contributed by atoms with van der Waals surface area (Å²) in [6.45, 7) is 1.47. The maximum absolute atomic E-state index is 11.0. The van der Waals surface area contributed by atoms with Crippen LogP contribution in [0.25, 0.3) is 0 Å². The summed E-state index contributed by atoms with van der Waals surface area (Å²) < 4.78 is 0. The van der Waals surface area contributed by atoms with Crippen molar-refractivity contribution < 1.29 is 19.8 Å². The van der Waals surface area contributed by atoms with Crippen LogP contribution < -0.4 is 0 Å². The average molecular weight is 261 g/mol. The first-order valence-electron chi connectivity index (χ1n) is 3.90. The third kappa shape index (κ3) is 1.59. The van der Waals surface area contributed by atoms with Crippen molar-refractivity contribution >= 4 is 27.9 Å². The molecule has 0 aromatic rings. The van der Waals surface area contributed by atoms with E-state index in [2.05, 4.69) is 15.9 Å². The van der Waals surface area contributed by atoms with Gasteiger partial charge in [-0.25, -0.2) is 4.79 Å². The van der Waals surface area contributed by atoms with Gasteiger partial charge >= 0.3 is 11.9 Å². The quantitative estimate of drug-likeness (QED) is 0.737. The van der Waals surface area contributed by atoms with Gasteiger partial charge in [-0.1, -0.05) is 34.2 Å². The monoisotopic (exact) mass is 260 g/mol. The van der Waals surface area contributed by atoms with Crippen molar-refractivity contribution in [3.8, 4) is 0 Å². The smallest absolute Gasteiger partial charge is 0.332 e. The summed E-state index contributed by atoms with van der Waals surface area (Å²) in [6.07, 6.45) is 4.32. The van der Waals surface area contributed by atoms with E-state index in [1.165, 1.54) is 25.2 Å². The van der Waals surface area contributed by atoms with E-state index in [1.54, 1.807) is 0 Å². The van der Waals surface area contributed by atoms with Crippen LogP contribution in [0.15, 0.2) is 23.8 Å². The van der Waals surface area contributed by atoms with Crippen molar-refractivity contribution in [1.82, 2.24) is 0 Å². The van der Waals surface area contributed by atoms with Crippen LogP contribution in [-0.4, -0.2) is 27.0 Å². The molecule has 1 aliphatic carbocycles. The van der Waals surface area contributed by atoms with Gasteiger partial charge in [-0.15, -0.1) is 0 Å². The highest BCUT2D eigenvalue weighted by Crippen LogP contribution is 2.37. The molecule has 0 heterocycles. The molecule has 0 spiro atoms. The summed E-state index contributed by atoms with van der Waals surface area (Å²) in [7, 11) is 0. The molecule has 76 valence electrons. The molecule has 1 rings (SSSR count). The Morgan fingerprint density at radius 1 is 1.50 bits per heavy atom. The highest BCUT2D eigenvalue weighted by Gasteiger charge is 2.43. The number of hydrogen-bond donors (Lipinski definition) is 2. The molecule has 2 N–H and O–H groups in total. The Morgan fingerprint density at radius 2 is 2.07 bits per heavy atom. The minimum Gasteiger partial charge on any atom is -0.481 e. The van der Waals surface area contributed by atoms with Gasteiger partial charge in [0.15, 0.2) is 0 Å². The SMILES string of the molecule is CC1(C(=O)O)C=CC=C(C(=O)O)C1Br. The molecule has 0 radical (unpaired) electrons. The lowest BCUT2D eigenvalue weighted by Crippen LogP contribution is -2.38. The van der Waals surface area contributed by atoms with E-state index in [0.29, 0.717) is 0 Å². The van der Waals surface area contributed by atoms with Gasteiger partial charge in [0.1, 0.15) is 5.41 Å². The van der Waals surface area contributed by atoms with Gasteiger partial charge in [0, 0.05) is 0 Å². The number of aliphatic carboxylic acids is 2. The zero-order valence-corrected chi connectivity index (χ0v) is 8.98. The number of carboxylic acid groups (broad SMARTS) is 2. The van der Waals surface area contributed by atoms with Crippen LogP contribution in [0.2, 0.25) is 0 Å². The first-order valence-corrected chi connectivity index (χ1v) is 4.81. The average Bonchev–Trinajstić information content (AvgIpc) is 2.09. The number of halogens is 1. The van der Waals surface area contributed by atoms with Crippen molar-refractivity contribution in [3.05, 3.63) is 23.8 Å². The van der Waals surface area contributed by atoms with E-state index < -0.39 is 22.2 Å². The van der Waals surface area contributed by atoms with Crippen molar-refractivity contribution in [2.45, 2.75) is 11.8 Å². The highest BCUT2D eigenvalue weighted by molar-refractivity contribution is 9.09. The molecule has 0 saturated heterocycles. The van der Waals surface area contributed by atoms with Crippen molar-refractivity contribution in [2.24, 2.45) is 5.41 Å². The maximum Gasteiger partial charge on any atom is 0.332 e. The first-order chi connectivity index (χ1) is 6.39. The van der Waals surface area contributed by atoms with Crippen molar-refractivity contribution in [2.75, 3.05) is 0 Å². The second kappa shape index (κ2) is 3.57. The summed E-state index contributed by atoms with van der Waals surface area (Å²) in [6, 6.07) is 0. The van der Waals surface area contributed by atoms with E-state index >= 15 is 0 Å². The Labute approximate surface area is 89.1 Å². The summed E-state index contributed by atoms with van der Waals surface area (Å²) in [4.78, 5) is 21.0. The lowest BCUT2D eigenvalue weighted by molar-refractivity contribution is -0.144. The molecular formula is C9H9BrO4. The minimum absolute atomic E-state index is 0.0531. The molecule has 14 heavy (non-hydrogen) atoms. The topological polar surface area (TPSA) is 74.6 Å². The number of carbonyl (C=O) groups is 2. The van der Waals surface area contributed by atoms with Crippen LogP contribution in [0.4, 0.5) is 0 Å². The second-order valence-electron chi connectivity index (χ2n) is 3.24. The van der Waals surface area contributed by atoms with Crippen LogP contribution in [0, 0.1) is 5.41 Å². The van der Waals surface area contributed by atoms with Crippen LogP contribution in [0.1, 0.15) is 6.92 Å². The first kappa shape index (κ1) is 11.0. The van der Waals surface area contributed by atoms with Gasteiger partial charge in [-0.2, -0.15) is 0 Å². The molecule has 0 amide bonds. The van der Waals surface area contributed by atoms with Gasteiger partial charge in [0.05, 0.1) is 10.4 Å². The Balaban J connectivity index is 3.11. The molecule has 1 aliphatic rings. The second-order valence-corrected chi connectivity index (χ2v) is 4.15. The fourth-order valence-corrected chi connectivity index (χ4v) is 1.90. The fourth-order valence-electron chi connectivity index (χ4n) is 1.20. The molecule has 0 aromatic carbocycles. The van der Waals surface area contributed by atoms with Crippen LogP contribution in [0.3, 0.4) is 0 Å². The van der Waals surface area contributed by atoms with E-state index in [0.717, 1.165) is 0 Å². The molecule has 0 aliphatic heterocycles. The predicted molar refractivity (Wildman–Crippen MR) is 53.3 cm³/mol. The Morgan fingerprint density at radius 3 is 2.50 bits per heavy atom. The Hall–Kier alpha value is -1.10. The number of rotatable bonds is 2. The maximum atomic E-state index is 11.0. The summed E-state index contributed by atoms with van der Waals surface area (Å²) in [5, 5.41) is 17.8. The Bertz CT molecular complexity index is 345. The van der Waals surface area contributed by atoms with Gasteiger partial charge in [-0.3, -0.25) is 4.79 Å². The highest BCUT2D eigenvalue weighted by atomic mass is 79.9. The molecule has 0 saturated carbocycles. The molecule has 0 fully saturated rings. The van der Waals surface area contributed by atoms with Crippen molar-refractivity contribution in [1.29, 1.82) is 0 Å². The van der Waals surface area contributed by atoms with Crippen LogP contribution in [-0.2, 0) is 9.59 Å². The number of hydrogen-bond acceptors (Lipinski definition) is 2. The molecular weight excluding hydrogens is 252 g/mol. The van der Waals surface area contributed by atoms with Gasteiger partial charge < -0.3 is 10.2 Å².